The summed E-state index contributed by atoms with van der Waals surface area (Å²) in [6, 6.07) is 13.2. The standard InChI is InChI=1S/C14H15NO2/c1-10-6-5-9-13(14(10)15)17-12-8-4-3-7-11(12)16-2/h3-9H,15H2,1-2H3. The average molecular weight is 229 g/mol. The third-order valence-corrected chi connectivity index (χ3v) is 2.57. The molecule has 0 heterocycles. The second-order valence-electron chi connectivity index (χ2n) is 3.74. The van der Waals surface area contributed by atoms with Crippen LogP contribution in [0.2, 0.25) is 0 Å². The van der Waals surface area contributed by atoms with Crippen molar-refractivity contribution in [2.24, 2.45) is 0 Å². The summed E-state index contributed by atoms with van der Waals surface area (Å²) in [5, 5.41) is 0. The van der Waals surface area contributed by atoms with Gasteiger partial charge in [0.15, 0.2) is 17.2 Å². The summed E-state index contributed by atoms with van der Waals surface area (Å²) >= 11 is 0. The highest BCUT2D eigenvalue weighted by atomic mass is 16.5. The van der Waals surface area contributed by atoms with E-state index in [0.29, 0.717) is 22.9 Å². The van der Waals surface area contributed by atoms with E-state index < -0.39 is 0 Å². The minimum absolute atomic E-state index is 0.648. The number of para-hydroxylation sites is 3. The topological polar surface area (TPSA) is 44.5 Å². The fourth-order valence-corrected chi connectivity index (χ4v) is 1.56. The molecule has 0 radical (unpaired) electrons. The van der Waals surface area contributed by atoms with Crippen molar-refractivity contribution in [3.05, 3.63) is 48.0 Å². The molecule has 0 saturated heterocycles. The predicted molar refractivity (Wildman–Crippen MR) is 68.7 cm³/mol. The first-order chi connectivity index (χ1) is 8.22. The van der Waals surface area contributed by atoms with Crippen LogP contribution in [0.4, 0.5) is 5.69 Å². The first-order valence-electron chi connectivity index (χ1n) is 5.38. The summed E-state index contributed by atoms with van der Waals surface area (Å²) in [5.41, 5.74) is 7.61. The molecular weight excluding hydrogens is 214 g/mol. The third kappa shape index (κ3) is 2.33. The molecule has 2 N–H and O–H groups in total. The third-order valence-electron chi connectivity index (χ3n) is 2.57. The number of anilines is 1. The summed E-state index contributed by atoms with van der Waals surface area (Å²) in [6.45, 7) is 1.95. The van der Waals surface area contributed by atoms with Gasteiger partial charge in [-0.2, -0.15) is 0 Å². The molecule has 0 aliphatic rings. The lowest BCUT2D eigenvalue weighted by molar-refractivity contribution is 0.379. The lowest BCUT2D eigenvalue weighted by Crippen LogP contribution is -1.96. The second-order valence-corrected chi connectivity index (χ2v) is 3.74. The summed E-state index contributed by atoms with van der Waals surface area (Å²) in [7, 11) is 1.61. The largest absolute Gasteiger partial charge is 0.493 e. The maximum Gasteiger partial charge on any atom is 0.169 e. The van der Waals surface area contributed by atoms with Gasteiger partial charge in [-0.15, -0.1) is 0 Å². The Kier molecular flexibility index (Phi) is 3.19. The lowest BCUT2D eigenvalue weighted by Gasteiger charge is -2.12. The van der Waals surface area contributed by atoms with E-state index >= 15 is 0 Å². The van der Waals surface area contributed by atoms with Crippen LogP contribution in [-0.4, -0.2) is 7.11 Å². The van der Waals surface area contributed by atoms with Crippen molar-refractivity contribution in [2.75, 3.05) is 12.8 Å². The molecular formula is C14H15NO2. The SMILES string of the molecule is COc1ccccc1Oc1cccc(C)c1N. The number of nitrogens with two attached hydrogens (primary N) is 1. The monoisotopic (exact) mass is 229 g/mol. The summed E-state index contributed by atoms with van der Waals surface area (Å²) in [4.78, 5) is 0. The Hall–Kier alpha value is -2.16. The van der Waals surface area contributed by atoms with Gasteiger partial charge in [0.25, 0.3) is 0 Å². The van der Waals surface area contributed by atoms with Gasteiger partial charge < -0.3 is 15.2 Å². The van der Waals surface area contributed by atoms with Crippen LogP contribution >= 0.6 is 0 Å². The van der Waals surface area contributed by atoms with Crippen molar-refractivity contribution >= 4 is 5.69 Å². The number of hydrogen-bond acceptors (Lipinski definition) is 3. The maximum atomic E-state index is 5.96. The Morgan fingerprint density at radius 1 is 0.882 bits per heavy atom. The molecule has 2 aromatic rings. The van der Waals surface area contributed by atoms with Gasteiger partial charge >= 0.3 is 0 Å². The van der Waals surface area contributed by atoms with Crippen molar-refractivity contribution in [3.8, 4) is 17.2 Å². The van der Waals surface area contributed by atoms with E-state index in [1.54, 1.807) is 7.11 Å². The molecule has 88 valence electrons. The Morgan fingerprint density at radius 2 is 1.53 bits per heavy atom. The molecule has 2 rings (SSSR count). The highest BCUT2D eigenvalue weighted by molar-refractivity contribution is 5.59. The predicted octanol–water partition coefficient (Wildman–Crippen LogP) is 3.38. The summed E-state index contributed by atoms with van der Waals surface area (Å²) in [5.74, 6) is 2.00. The highest BCUT2D eigenvalue weighted by Gasteiger charge is 2.07. The fraction of sp³-hybridized carbons (Fsp3) is 0.143. The van der Waals surface area contributed by atoms with E-state index in [1.807, 2.05) is 49.4 Å². The van der Waals surface area contributed by atoms with E-state index in [4.69, 9.17) is 15.2 Å². The number of nitrogen functional groups attached to an aromatic ring is 1. The molecule has 2 aromatic carbocycles. The van der Waals surface area contributed by atoms with Crippen LogP contribution in [-0.2, 0) is 0 Å². The Bertz CT molecular complexity index is 523. The maximum absolute atomic E-state index is 5.96. The Morgan fingerprint density at radius 3 is 2.24 bits per heavy atom. The quantitative estimate of drug-likeness (QED) is 0.820. The second kappa shape index (κ2) is 4.78. The van der Waals surface area contributed by atoms with Crippen LogP contribution in [0, 0.1) is 6.92 Å². The fourth-order valence-electron chi connectivity index (χ4n) is 1.56. The average Bonchev–Trinajstić information content (AvgIpc) is 2.35. The number of benzene rings is 2. The zero-order chi connectivity index (χ0) is 12.3. The Balaban J connectivity index is 2.35. The van der Waals surface area contributed by atoms with Gasteiger partial charge in [-0.25, -0.2) is 0 Å². The van der Waals surface area contributed by atoms with E-state index in [9.17, 15) is 0 Å². The summed E-state index contributed by atoms with van der Waals surface area (Å²) < 4.78 is 11.0. The van der Waals surface area contributed by atoms with Crippen molar-refractivity contribution in [2.45, 2.75) is 6.92 Å². The molecule has 0 atom stereocenters. The van der Waals surface area contributed by atoms with Crippen molar-refractivity contribution < 1.29 is 9.47 Å². The molecule has 0 fully saturated rings. The molecule has 0 spiro atoms. The van der Waals surface area contributed by atoms with Crippen molar-refractivity contribution in [1.29, 1.82) is 0 Å². The number of hydrogen-bond donors (Lipinski definition) is 1. The van der Waals surface area contributed by atoms with Gasteiger partial charge in [-0.1, -0.05) is 24.3 Å². The van der Waals surface area contributed by atoms with Gasteiger partial charge in [-0.3, -0.25) is 0 Å². The van der Waals surface area contributed by atoms with Crippen LogP contribution in [0.25, 0.3) is 0 Å². The van der Waals surface area contributed by atoms with E-state index in [0.717, 1.165) is 5.56 Å². The first-order valence-corrected chi connectivity index (χ1v) is 5.38. The normalized spacial score (nSPS) is 10.0. The molecule has 0 aliphatic heterocycles. The van der Waals surface area contributed by atoms with Crippen LogP contribution in [0.15, 0.2) is 42.5 Å². The van der Waals surface area contributed by atoms with E-state index in [1.165, 1.54) is 0 Å². The van der Waals surface area contributed by atoms with Crippen LogP contribution in [0.5, 0.6) is 17.2 Å². The molecule has 3 nitrogen and oxygen atoms in total. The molecule has 0 unspecified atom stereocenters. The van der Waals surface area contributed by atoms with Crippen LogP contribution in [0.3, 0.4) is 0 Å². The summed E-state index contributed by atoms with van der Waals surface area (Å²) in [6.07, 6.45) is 0. The van der Waals surface area contributed by atoms with Crippen molar-refractivity contribution in [3.63, 3.8) is 0 Å². The number of methoxy groups -OCH3 is 1. The first kappa shape index (κ1) is 11.3. The molecule has 0 amide bonds. The van der Waals surface area contributed by atoms with E-state index in [2.05, 4.69) is 0 Å². The zero-order valence-electron chi connectivity index (χ0n) is 9.94. The molecule has 0 aromatic heterocycles. The number of ether oxygens (including phenoxy) is 2. The molecule has 0 saturated carbocycles. The molecule has 3 heteroatoms. The lowest BCUT2D eigenvalue weighted by atomic mass is 10.2. The number of aryl methyl sites for hydroxylation is 1. The van der Waals surface area contributed by atoms with Gasteiger partial charge in [0, 0.05) is 0 Å². The highest BCUT2D eigenvalue weighted by Crippen LogP contribution is 2.34. The number of rotatable bonds is 3. The zero-order valence-corrected chi connectivity index (χ0v) is 9.94. The van der Waals surface area contributed by atoms with Gasteiger partial charge in [0.2, 0.25) is 0 Å². The molecule has 17 heavy (non-hydrogen) atoms. The Labute approximate surface area is 101 Å². The van der Waals surface area contributed by atoms with Gasteiger partial charge in [0.05, 0.1) is 12.8 Å². The van der Waals surface area contributed by atoms with E-state index in [-0.39, 0.29) is 0 Å². The van der Waals surface area contributed by atoms with Gasteiger partial charge in [0.1, 0.15) is 0 Å². The van der Waals surface area contributed by atoms with Crippen LogP contribution in [0.1, 0.15) is 5.56 Å². The minimum Gasteiger partial charge on any atom is -0.493 e. The molecule has 0 bridgehead atoms. The smallest absolute Gasteiger partial charge is 0.169 e. The van der Waals surface area contributed by atoms with Crippen LogP contribution < -0.4 is 15.2 Å². The minimum atomic E-state index is 0.648. The molecule has 0 aliphatic carbocycles. The van der Waals surface area contributed by atoms with Crippen molar-refractivity contribution in [1.82, 2.24) is 0 Å². The van der Waals surface area contributed by atoms with Gasteiger partial charge in [-0.05, 0) is 30.7 Å².